The van der Waals surface area contributed by atoms with Crippen molar-refractivity contribution in [3.63, 3.8) is 0 Å². The molecule has 2 aliphatic heterocycles. The maximum Gasteiger partial charge on any atom is 0.481 e. The molecule has 0 aromatic carbocycles. The largest absolute Gasteiger partial charge is 0.481 e. The van der Waals surface area contributed by atoms with Crippen LogP contribution in [-0.2, 0) is 32.0 Å². The molecular formula is C19H25N7O14P2S. The summed E-state index contributed by atoms with van der Waals surface area (Å²) in [6, 6.07) is 0. The van der Waals surface area contributed by atoms with E-state index in [0.717, 1.165) is 17.7 Å². The molecule has 43 heavy (non-hydrogen) atoms. The van der Waals surface area contributed by atoms with Gasteiger partial charge in [0, 0.05) is 5.38 Å². The lowest BCUT2D eigenvalue weighted by Gasteiger charge is -2.20. The van der Waals surface area contributed by atoms with Crippen molar-refractivity contribution in [3.05, 3.63) is 28.7 Å². The Balaban J connectivity index is 1.15. The zero-order chi connectivity index (χ0) is 31.3. The number of ether oxygens (including phenoxy) is 2. The van der Waals surface area contributed by atoms with Crippen molar-refractivity contribution in [3.8, 4) is 0 Å². The molecule has 0 spiro atoms. The number of thiazole rings is 1. The number of fused-ring (bicyclic) bond motifs is 1. The number of phosphoric acid groups is 2. The first-order valence-corrected chi connectivity index (χ1v) is 15.9. The van der Waals surface area contributed by atoms with Crippen LogP contribution in [0.5, 0.6) is 0 Å². The summed E-state index contributed by atoms with van der Waals surface area (Å²) in [6.45, 7) is -1.80. The molecule has 0 radical (unpaired) electrons. The van der Waals surface area contributed by atoms with Crippen LogP contribution in [0.15, 0.2) is 18.0 Å². The fourth-order valence-corrected chi connectivity index (χ4v) is 7.26. The summed E-state index contributed by atoms with van der Waals surface area (Å²) in [5.41, 5.74) is 11.1. The van der Waals surface area contributed by atoms with Gasteiger partial charge in [-0.2, -0.15) is 4.31 Å². The van der Waals surface area contributed by atoms with Crippen LogP contribution in [0.2, 0.25) is 0 Å². The molecule has 236 valence electrons. The Morgan fingerprint density at radius 2 is 1.60 bits per heavy atom. The van der Waals surface area contributed by atoms with E-state index < -0.39 is 83.7 Å². The first-order valence-electron chi connectivity index (χ1n) is 12.0. The molecule has 5 heterocycles. The number of carbonyl (C=O) groups excluding carboxylic acids is 1. The van der Waals surface area contributed by atoms with Crippen LogP contribution < -0.4 is 11.5 Å². The van der Waals surface area contributed by atoms with E-state index in [4.69, 9.17) is 25.5 Å². The number of aliphatic hydroxyl groups excluding tert-OH is 4. The summed E-state index contributed by atoms with van der Waals surface area (Å²) in [5.74, 6) is -0.782. The van der Waals surface area contributed by atoms with Gasteiger partial charge in [-0.25, -0.2) is 29.1 Å². The molecule has 3 aromatic rings. The summed E-state index contributed by atoms with van der Waals surface area (Å²) >= 11 is 0.908. The van der Waals surface area contributed by atoms with Gasteiger partial charge in [-0.3, -0.25) is 18.4 Å². The Labute approximate surface area is 243 Å². The number of hydrogen-bond acceptors (Lipinski definition) is 18. The van der Waals surface area contributed by atoms with Crippen LogP contribution in [0.25, 0.3) is 11.2 Å². The third-order valence-electron chi connectivity index (χ3n) is 6.39. The smallest absolute Gasteiger partial charge is 0.387 e. The van der Waals surface area contributed by atoms with Crippen molar-refractivity contribution < 1.29 is 67.0 Å². The van der Waals surface area contributed by atoms with Crippen molar-refractivity contribution in [2.24, 2.45) is 5.73 Å². The Morgan fingerprint density at radius 3 is 2.23 bits per heavy atom. The van der Waals surface area contributed by atoms with Gasteiger partial charge >= 0.3 is 15.6 Å². The molecular weight excluding hydrogens is 644 g/mol. The molecule has 2 unspecified atom stereocenters. The second-order valence-electron chi connectivity index (χ2n) is 9.25. The molecule has 2 saturated heterocycles. The van der Waals surface area contributed by atoms with E-state index in [1.807, 2.05) is 0 Å². The number of imidazole rings is 1. The van der Waals surface area contributed by atoms with Gasteiger partial charge in [0.15, 0.2) is 17.7 Å². The normalized spacial score (nSPS) is 32.1. The van der Waals surface area contributed by atoms with Crippen molar-refractivity contribution >= 4 is 49.9 Å². The number of carbonyl (C=O) groups is 1. The minimum Gasteiger partial charge on any atom is -0.387 e. The molecule has 10 N–H and O–H groups in total. The summed E-state index contributed by atoms with van der Waals surface area (Å²) in [4.78, 5) is 47.0. The fraction of sp³-hybridized carbons (Fsp3) is 0.526. The highest BCUT2D eigenvalue weighted by Gasteiger charge is 2.48. The van der Waals surface area contributed by atoms with E-state index in [1.54, 1.807) is 0 Å². The van der Waals surface area contributed by atoms with Gasteiger partial charge < -0.3 is 51.2 Å². The molecule has 2 aliphatic rings. The van der Waals surface area contributed by atoms with E-state index in [-0.39, 0.29) is 27.7 Å². The van der Waals surface area contributed by atoms with Crippen LogP contribution >= 0.6 is 27.0 Å². The first kappa shape index (κ1) is 31.9. The molecule has 1 amide bonds. The average molecular weight is 669 g/mol. The minimum absolute atomic E-state index is 0.0500. The predicted octanol–water partition coefficient (Wildman–Crippen LogP) is -2.30. The monoisotopic (exact) mass is 669 g/mol. The highest BCUT2D eigenvalue weighted by Crippen LogP contribution is 2.61. The highest BCUT2D eigenvalue weighted by molar-refractivity contribution is 7.61. The van der Waals surface area contributed by atoms with Crippen LogP contribution in [0.3, 0.4) is 0 Å². The van der Waals surface area contributed by atoms with E-state index in [9.17, 15) is 44.1 Å². The number of primary amides is 1. The van der Waals surface area contributed by atoms with E-state index in [0.29, 0.717) is 0 Å². The standard InChI is InChI=1S/C19H25N7O14P2S/c20-15-9-17(23-4-22-15)26(5-24-9)19-13(30)11(28)8(39-19)2-37-42(34,35)40-41(32,33)36-1-7-10(27)12(29)14(38-7)18-25-6(3-43-18)16(21)31/h3-5,7-8,10-14,19,27-30H,1-2H2,(H2,21,31)(H,32,33)(H,34,35)(H2,20,22,23)/t7-,8+,10-,11-,12-,13-,14-,19+/m1/s1. The number of rotatable bonds is 11. The zero-order valence-electron chi connectivity index (χ0n) is 21.4. The van der Waals surface area contributed by atoms with Gasteiger partial charge in [0.2, 0.25) is 0 Å². The fourth-order valence-electron chi connectivity index (χ4n) is 4.29. The molecule has 0 saturated carbocycles. The SMILES string of the molecule is NC(=O)c1csc([C@@H]2O[C@H](COP(=O)(O)OP(=O)(O)OC[C@@H]3O[C@H](n4cnc5c(N)ncnc54)[C@H](O)[C@@H]3O)[C@@H](O)[C@H]2O)n1. The lowest BCUT2D eigenvalue weighted by atomic mass is 10.1. The number of aromatic nitrogens is 5. The van der Waals surface area contributed by atoms with Gasteiger partial charge in [-0.05, 0) is 0 Å². The average Bonchev–Trinajstić information content (AvgIpc) is 3.70. The molecule has 0 bridgehead atoms. The Morgan fingerprint density at radius 1 is 0.977 bits per heavy atom. The van der Waals surface area contributed by atoms with Gasteiger partial charge in [0.05, 0.1) is 19.5 Å². The minimum atomic E-state index is -5.37. The number of aliphatic hydroxyl groups is 4. The molecule has 21 nitrogen and oxygen atoms in total. The van der Waals surface area contributed by atoms with Gasteiger partial charge in [-0.1, -0.05) is 0 Å². The van der Waals surface area contributed by atoms with Gasteiger partial charge in [0.25, 0.3) is 5.91 Å². The molecule has 0 aliphatic carbocycles. The summed E-state index contributed by atoms with van der Waals surface area (Å²) < 4.78 is 50.6. The number of anilines is 1. The predicted molar refractivity (Wildman–Crippen MR) is 139 cm³/mol. The second-order valence-corrected chi connectivity index (χ2v) is 13.2. The van der Waals surface area contributed by atoms with Crippen LogP contribution in [0.4, 0.5) is 5.82 Å². The maximum atomic E-state index is 12.4. The number of nitrogens with zero attached hydrogens (tertiary/aromatic N) is 5. The molecule has 5 rings (SSSR count). The topological polar surface area (TPSA) is 327 Å². The van der Waals surface area contributed by atoms with Crippen LogP contribution in [0, 0.1) is 0 Å². The summed E-state index contributed by atoms with van der Waals surface area (Å²) in [5, 5.41) is 42.8. The number of hydrogen-bond donors (Lipinski definition) is 8. The third kappa shape index (κ3) is 6.62. The zero-order valence-corrected chi connectivity index (χ0v) is 24.0. The summed E-state index contributed by atoms with van der Waals surface area (Å²) in [6.07, 6.45) is -9.48. The van der Waals surface area contributed by atoms with Crippen molar-refractivity contribution in [2.75, 3.05) is 18.9 Å². The van der Waals surface area contributed by atoms with Gasteiger partial charge in [-0.15, -0.1) is 11.3 Å². The number of phosphoric ester groups is 2. The Hall–Kier alpha value is -2.53. The van der Waals surface area contributed by atoms with Gasteiger partial charge in [0.1, 0.15) is 65.3 Å². The van der Waals surface area contributed by atoms with Crippen molar-refractivity contribution in [2.45, 2.75) is 49.0 Å². The lowest BCUT2D eigenvalue weighted by molar-refractivity contribution is -0.0507. The number of nitrogen functional groups attached to an aromatic ring is 1. The number of amides is 1. The van der Waals surface area contributed by atoms with E-state index in [1.165, 1.54) is 16.3 Å². The first-order chi connectivity index (χ1) is 20.2. The van der Waals surface area contributed by atoms with E-state index >= 15 is 0 Å². The van der Waals surface area contributed by atoms with E-state index in [2.05, 4.69) is 28.8 Å². The third-order valence-corrected chi connectivity index (χ3v) is 9.90. The van der Waals surface area contributed by atoms with Crippen molar-refractivity contribution in [1.29, 1.82) is 0 Å². The second kappa shape index (κ2) is 12.1. The quantitative estimate of drug-likeness (QED) is 0.0994. The van der Waals surface area contributed by atoms with Crippen LogP contribution in [0.1, 0.15) is 27.8 Å². The number of nitrogens with two attached hydrogens (primary N) is 2. The Bertz CT molecular complexity index is 1590. The molecule has 10 atom stereocenters. The lowest BCUT2D eigenvalue weighted by Crippen LogP contribution is -2.33. The molecule has 3 aromatic heterocycles. The highest BCUT2D eigenvalue weighted by atomic mass is 32.1. The summed E-state index contributed by atoms with van der Waals surface area (Å²) in [7, 11) is -10.7. The Kier molecular flexibility index (Phi) is 8.97. The molecule has 24 heteroatoms. The van der Waals surface area contributed by atoms with Crippen LogP contribution in [-0.4, -0.2) is 110 Å². The van der Waals surface area contributed by atoms with Crippen molar-refractivity contribution in [1.82, 2.24) is 24.5 Å². The maximum absolute atomic E-state index is 12.4. The molecule has 2 fully saturated rings.